The van der Waals surface area contributed by atoms with E-state index in [4.69, 9.17) is 28.3 Å². The smallest absolute Gasteiger partial charge is 0.356 e. The first kappa shape index (κ1) is 13.9. The van der Waals surface area contributed by atoms with Gasteiger partial charge in [0.2, 0.25) is 0 Å². The summed E-state index contributed by atoms with van der Waals surface area (Å²) in [7, 11) is 0. The zero-order chi connectivity index (χ0) is 15.0. The summed E-state index contributed by atoms with van der Waals surface area (Å²) in [6.45, 7) is 0. The number of rotatable bonds is 2. The average molecular weight is 318 g/mol. The minimum absolute atomic E-state index is 0.128. The Morgan fingerprint density at radius 2 is 1.62 bits per heavy atom. The zero-order valence-electron chi connectivity index (χ0n) is 10.7. The summed E-state index contributed by atoms with van der Waals surface area (Å²) < 4.78 is 0. The first-order valence-corrected chi connectivity index (χ1v) is 6.90. The molecule has 0 unspecified atom stereocenters. The highest BCUT2D eigenvalue weighted by atomic mass is 35.5. The van der Waals surface area contributed by atoms with E-state index < -0.39 is 5.97 Å². The van der Waals surface area contributed by atoms with Crippen LogP contribution in [0.15, 0.2) is 48.5 Å². The number of nitrogens with zero attached hydrogens (tertiary/aromatic N) is 1. The fourth-order valence-electron chi connectivity index (χ4n) is 2.12. The van der Waals surface area contributed by atoms with Gasteiger partial charge in [0.15, 0.2) is 5.69 Å². The quantitative estimate of drug-likeness (QED) is 0.730. The monoisotopic (exact) mass is 317 g/mol. The van der Waals surface area contributed by atoms with Crippen molar-refractivity contribution in [1.82, 2.24) is 4.98 Å². The molecule has 3 aromatic rings. The van der Waals surface area contributed by atoms with Crippen molar-refractivity contribution < 1.29 is 9.90 Å². The van der Waals surface area contributed by atoms with E-state index in [-0.39, 0.29) is 10.7 Å². The number of benzene rings is 2. The van der Waals surface area contributed by atoms with Crippen LogP contribution in [0.1, 0.15) is 10.5 Å². The first-order valence-electron chi connectivity index (χ1n) is 6.14. The molecule has 0 aliphatic rings. The summed E-state index contributed by atoms with van der Waals surface area (Å²) in [6, 6.07) is 14.7. The van der Waals surface area contributed by atoms with Gasteiger partial charge in [-0.2, -0.15) is 0 Å². The molecule has 5 heteroatoms. The fraction of sp³-hybridized carbons (Fsp3) is 0. The van der Waals surface area contributed by atoms with Gasteiger partial charge >= 0.3 is 5.97 Å². The van der Waals surface area contributed by atoms with Crippen LogP contribution in [0, 0.1) is 0 Å². The van der Waals surface area contributed by atoms with E-state index in [0.29, 0.717) is 10.5 Å². The van der Waals surface area contributed by atoms with Crippen LogP contribution in [-0.4, -0.2) is 16.1 Å². The lowest BCUT2D eigenvalue weighted by Gasteiger charge is -2.06. The maximum Gasteiger partial charge on any atom is 0.356 e. The third-order valence-electron chi connectivity index (χ3n) is 3.15. The number of fused-ring (bicyclic) bond motifs is 1. The number of carboxylic acids is 1. The van der Waals surface area contributed by atoms with Gasteiger partial charge in [0.25, 0.3) is 0 Å². The molecule has 21 heavy (non-hydrogen) atoms. The maximum absolute atomic E-state index is 11.0. The highest BCUT2D eigenvalue weighted by molar-refractivity contribution is 6.34. The van der Waals surface area contributed by atoms with E-state index in [0.717, 1.165) is 16.5 Å². The molecule has 0 aliphatic heterocycles. The van der Waals surface area contributed by atoms with Gasteiger partial charge in [-0.1, -0.05) is 41.4 Å². The van der Waals surface area contributed by atoms with Gasteiger partial charge in [0.05, 0.1) is 10.5 Å². The predicted octanol–water partition coefficient (Wildman–Crippen LogP) is 4.91. The van der Waals surface area contributed by atoms with Crippen LogP contribution >= 0.6 is 23.2 Å². The molecule has 0 amide bonds. The Balaban J connectivity index is 2.14. The Morgan fingerprint density at radius 1 is 0.952 bits per heavy atom. The topological polar surface area (TPSA) is 50.2 Å². The third kappa shape index (κ3) is 2.71. The number of pyridine rings is 1. The molecule has 2 aromatic carbocycles. The Bertz CT molecular complexity index is 845. The first-order chi connectivity index (χ1) is 10.0. The lowest BCUT2D eigenvalue weighted by Crippen LogP contribution is -2.01. The van der Waals surface area contributed by atoms with Crippen molar-refractivity contribution in [2.75, 3.05) is 0 Å². The van der Waals surface area contributed by atoms with E-state index in [9.17, 15) is 4.79 Å². The number of hydrogen-bond donors (Lipinski definition) is 1. The van der Waals surface area contributed by atoms with Gasteiger partial charge in [-0.15, -0.1) is 0 Å². The van der Waals surface area contributed by atoms with E-state index >= 15 is 0 Å². The second-order valence-electron chi connectivity index (χ2n) is 4.54. The molecule has 0 bridgehead atoms. The van der Waals surface area contributed by atoms with Crippen LogP contribution in [-0.2, 0) is 0 Å². The molecule has 0 radical (unpaired) electrons. The van der Waals surface area contributed by atoms with Crippen LogP contribution in [0.4, 0.5) is 0 Å². The molecule has 1 heterocycles. The van der Waals surface area contributed by atoms with Crippen molar-refractivity contribution in [2.45, 2.75) is 0 Å². The molecule has 0 saturated carbocycles. The van der Waals surface area contributed by atoms with Crippen molar-refractivity contribution in [3.05, 3.63) is 64.3 Å². The standard InChI is InChI=1S/C16H9Cl2NO2/c17-12-4-1-9(2-5-12)10-3-6-14-11(7-10)8-13(18)15(19-14)16(20)21/h1-8H,(H,20,21). The van der Waals surface area contributed by atoms with Crippen LogP contribution in [0.5, 0.6) is 0 Å². The van der Waals surface area contributed by atoms with E-state index in [1.54, 1.807) is 12.1 Å². The van der Waals surface area contributed by atoms with Crippen LogP contribution in [0.2, 0.25) is 10.0 Å². The summed E-state index contributed by atoms with van der Waals surface area (Å²) in [6.07, 6.45) is 0. The molecule has 0 saturated heterocycles. The second kappa shape index (κ2) is 5.35. The molecule has 1 aromatic heterocycles. The molecule has 0 atom stereocenters. The largest absolute Gasteiger partial charge is 0.476 e. The summed E-state index contributed by atoms with van der Waals surface area (Å²) in [4.78, 5) is 15.1. The van der Waals surface area contributed by atoms with Crippen molar-refractivity contribution in [1.29, 1.82) is 0 Å². The molecule has 0 aliphatic carbocycles. The molecule has 3 rings (SSSR count). The minimum Gasteiger partial charge on any atom is -0.476 e. The van der Waals surface area contributed by atoms with Crippen molar-refractivity contribution in [3.63, 3.8) is 0 Å². The highest BCUT2D eigenvalue weighted by Gasteiger charge is 2.12. The zero-order valence-corrected chi connectivity index (χ0v) is 12.2. The van der Waals surface area contributed by atoms with Gasteiger partial charge < -0.3 is 5.11 Å². The molecular formula is C16H9Cl2NO2. The highest BCUT2D eigenvalue weighted by Crippen LogP contribution is 2.27. The van der Waals surface area contributed by atoms with Crippen molar-refractivity contribution in [3.8, 4) is 11.1 Å². The third-order valence-corrected chi connectivity index (χ3v) is 3.69. The Hall–Kier alpha value is -2.10. The van der Waals surface area contributed by atoms with Gasteiger partial charge in [0.1, 0.15) is 0 Å². The summed E-state index contributed by atoms with van der Waals surface area (Å²) >= 11 is 11.8. The number of halogens is 2. The summed E-state index contributed by atoms with van der Waals surface area (Å²) in [5.74, 6) is -1.14. The van der Waals surface area contributed by atoms with Gasteiger partial charge in [-0.3, -0.25) is 0 Å². The predicted molar refractivity (Wildman–Crippen MR) is 84.2 cm³/mol. The Kier molecular flexibility index (Phi) is 3.53. The van der Waals surface area contributed by atoms with Crippen LogP contribution in [0.3, 0.4) is 0 Å². The molecule has 3 nitrogen and oxygen atoms in total. The Morgan fingerprint density at radius 3 is 2.29 bits per heavy atom. The second-order valence-corrected chi connectivity index (χ2v) is 5.38. The van der Waals surface area contributed by atoms with E-state index in [2.05, 4.69) is 4.98 Å². The number of carbonyl (C=O) groups is 1. The minimum atomic E-state index is -1.14. The van der Waals surface area contributed by atoms with Crippen molar-refractivity contribution in [2.24, 2.45) is 0 Å². The average Bonchev–Trinajstić information content (AvgIpc) is 2.46. The lowest BCUT2D eigenvalue weighted by atomic mass is 10.0. The fourth-order valence-corrected chi connectivity index (χ4v) is 2.49. The molecular weight excluding hydrogens is 309 g/mol. The van der Waals surface area contributed by atoms with Crippen LogP contribution in [0.25, 0.3) is 22.0 Å². The van der Waals surface area contributed by atoms with Gasteiger partial charge in [0, 0.05) is 10.4 Å². The lowest BCUT2D eigenvalue weighted by molar-refractivity contribution is 0.0691. The van der Waals surface area contributed by atoms with Gasteiger partial charge in [-0.25, -0.2) is 9.78 Å². The molecule has 0 fully saturated rings. The van der Waals surface area contributed by atoms with E-state index in [1.807, 2.05) is 36.4 Å². The Labute approximate surface area is 130 Å². The van der Waals surface area contributed by atoms with E-state index in [1.165, 1.54) is 0 Å². The SMILES string of the molecule is O=C(O)c1nc2ccc(-c3ccc(Cl)cc3)cc2cc1Cl. The normalized spacial score (nSPS) is 10.8. The number of carboxylic acid groups (broad SMARTS) is 1. The number of aromatic nitrogens is 1. The summed E-state index contributed by atoms with van der Waals surface area (Å²) in [5, 5.41) is 10.6. The van der Waals surface area contributed by atoms with Crippen molar-refractivity contribution >= 4 is 40.1 Å². The van der Waals surface area contributed by atoms with Gasteiger partial charge in [-0.05, 0) is 41.5 Å². The summed E-state index contributed by atoms with van der Waals surface area (Å²) in [5.41, 5.74) is 2.46. The molecule has 104 valence electrons. The number of hydrogen-bond acceptors (Lipinski definition) is 2. The molecule has 0 spiro atoms. The molecule has 1 N–H and O–H groups in total. The van der Waals surface area contributed by atoms with Crippen LogP contribution < -0.4 is 0 Å². The maximum atomic E-state index is 11.0. The number of aromatic carboxylic acids is 1.